The van der Waals surface area contributed by atoms with E-state index in [9.17, 15) is 14.9 Å². The number of nitro benzene ring substituents is 1. The summed E-state index contributed by atoms with van der Waals surface area (Å²) < 4.78 is 0. The smallest absolute Gasteiger partial charge is 0.283 e. The fraction of sp³-hybridized carbons (Fsp3) is 0. The van der Waals surface area contributed by atoms with Crippen LogP contribution < -0.4 is 5.32 Å². The van der Waals surface area contributed by atoms with Gasteiger partial charge in [0.05, 0.1) is 4.92 Å². The van der Waals surface area contributed by atoms with Gasteiger partial charge in [0.25, 0.3) is 11.6 Å². The maximum absolute atomic E-state index is 12.0. The summed E-state index contributed by atoms with van der Waals surface area (Å²) in [5.41, 5.74) is -0.488. The van der Waals surface area contributed by atoms with Crippen molar-refractivity contribution in [3.8, 4) is 0 Å². The van der Waals surface area contributed by atoms with Crippen molar-refractivity contribution in [3.63, 3.8) is 0 Å². The first-order valence-electron chi connectivity index (χ1n) is 5.34. The molecule has 1 aromatic heterocycles. The molecule has 6 nitrogen and oxygen atoms in total. The van der Waals surface area contributed by atoms with Crippen LogP contribution in [0.25, 0.3) is 0 Å². The van der Waals surface area contributed by atoms with E-state index in [0.717, 1.165) is 6.07 Å². The maximum atomic E-state index is 12.0. The molecule has 0 saturated carbocycles. The Hall–Kier alpha value is -2.18. The van der Waals surface area contributed by atoms with Gasteiger partial charge in [-0.3, -0.25) is 14.9 Å². The first-order valence-corrected chi connectivity index (χ1v) is 6.10. The molecular weight excluding hydrogens is 305 g/mol. The lowest BCUT2D eigenvalue weighted by atomic mass is 10.1. The van der Waals surface area contributed by atoms with E-state index >= 15 is 0 Å². The van der Waals surface area contributed by atoms with Gasteiger partial charge in [-0.1, -0.05) is 23.2 Å². The third-order valence-corrected chi connectivity index (χ3v) is 2.83. The van der Waals surface area contributed by atoms with Crippen LogP contribution in [0.4, 0.5) is 11.5 Å². The lowest BCUT2D eigenvalue weighted by Gasteiger charge is -2.05. The van der Waals surface area contributed by atoms with Crippen LogP contribution in [0.15, 0.2) is 36.5 Å². The molecule has 20 heavy (non-hydrogen) atoms. The molecule has 2 aromatic rings. The highest BCUT2D eigenvalue weighted by Crippen LogP contribution is 2.24. The second-order valence-electron chi connectivity index (χ2n) is 3.73. The lowest BCUT2D eigenvalue weighted by molar-refractivity contribution is -0.385. The zero-order valence-electron chi connectivity index (χ0n) is 9.84. The summed E-state index contributed by atoms with van der Waals surface area (Å²) in [5, 5.41) is 13.9. The van der Waals surface area contributed by atoms with Crippen LogP contribution in [-0.2, 0) is 0 Å². The number of nitro groups is 1. The number of aromatic nitrogens is 1. The van der Waals surface area contributed by atoms with Gasteiger partial charge in [-0.2, -0.15) is 0 Å². The van der Waals surface area contributed by atoms with E-state index in [0.29, 0.717) is 5.02 Å². The van der Waals surface area contributed by atoms with Crippen LogP contribution in [0.1, 0.15) is 10.4 Å². The van der Waals surface area contributed by atoms with E-state index in [-0.39, 0.29) is 22.1 Å². The molecule has 1 N–H and O–H groups in total. The Bertz CT molecular complexity index is 691. The second kappa shape index (κ2) is 5.85. The molecule has 1 amide bonds. The average molecular weight is 312 g/mol. The van der Waals surface area contributed by atoms with Gasteiger partial charge in [0.2, 0.25) is 0 Å². The van der Waals surface area contributed by atoms with Gasteiger partial charge >= 0.3 is 0 Å². The fourth-order valence-electron chi connectivity index (χ4n) is 1.50. The zero-order valence-corrected chi connectivity index (χ0v) is 11.4. The number of pyridine rings is 1. The minimum Gasteiger partial charge on any atom is -0.306 e. The van der Waals surface area contributed by atoms with Gasteiger partial charge in [-0.05, 0) is 24.3 Å². The molecule has 1 heterocycles. The van der Waals surface area contributed by atoms with E-state index in [2.05, 4.69) is 10.3 Å². The highest BCUT2D eigenvalue weighted by Gasteiger charge is 2.20. The molecule has 0 atom stereocenters. The molecule has 0 aliphatic heterocycles. The first kappa shape index (κ1) is 14.2. The number of anilines is 1. The van der Waals surface area contributed by atoms with Crippen LogP contribution in [0.2, 0.25) is 10.0 Å². The number of benzene rings is 1. The maximum Gasteiger partial charge on any atom is 0.283 e. The number of hydrogen-bond acceptors (Lipinski definition) is 4. The molecule has 102 valence electrons. The number of rotatable bonds is 3. The fourth-order valence-corrected chi connectivity index (χ4v) is 1.83. The molecule has 1 aromatic carbocycles. The Morgan fingerprint density at radius 1 is 1.20 bits per heavy atom. The highest BCUT2D eigenvalue weighted by atomic mass is 35.5. The predicted octanol–water partition coefficient (Wildman–Crippen LogP) is 3.55. The molecule has 0 unspecified atom stereocenters. The molecule has 0 radical (unpaired) electrons. The van der Waals surface area contributed by atoms with Crippen LogP contribution in [-0.4, -0.2) is 15.8 Å². The molecule has 0 saturated heterocycles. The average Bonchev–Trinajstić information content (AvgIpc) is 2.38. The molecule has 0 bridgehead atoms. The Balaban J connectivity index is 2.32. The van der Waals surface area contributed by atoms with E-state index in [4.69, 9.17) is 23.2 Å². The van der Waals surface area contributed by atoms with Crippen molar-refractivity contribution in [3.05, 3.63) is 62.3 Å². The Morgan fingerprint density at radius 3 is 2.55 bits per heavy atom. The molecule has 0 fully saturated rings. The zero-order chi connectivity index (χ0) is 14.7. The van der Waals surface area contributed by atoms with Crippen LogP contribution in [0, 0.1) is 10.1 Å². The molecule has 0 spiro atoms. The topological polar surface area (TPSA) is 85.1 Å². The molecular formula is C12H7Cl2N3O3. The van der Waals surface area contributed by atoms with Gasteiger partial charge in [-0.15, -0.1) is 0 Å². The number of amides is 1. The van der Waals surface area contributed by atoms with Gasteiger partial charge in [0.15, 0.2) is 0 Å². The molecule has 0 aliphatic carbocycles. The van der Waals surface area contributed by atoms with Gasteiger partial charge in [0.1, 0.15) is 11.4 Å². The monoisotopic (exact) mass is 311 g/mol. The Kier molecular flexibility index (Phi) is 4.16. The largest absolute Gasteiger partial charge is 0.306 e. The number of nitrogens with zero attached hydrogens (tertiary/aromatic N) is 2. The summed E-state index contributed by atoms with van der Waals surface area (Å²) in [6.07, 6.45) is 1.41. The van der Waals surface area contributed by atoms with Crippen molar-refractivity contribution < 1.29 is 9.72 Å². The highest BCUT2D eigenvalue weighted by molar-refractivity contribution is 6.31. The number of carbonyl (C=O) groups excluding carboxylic acids is 1. The van der Waals surface area contributed by atoms with Crippen molar-refractivity contribution in [1.29, 1.82) is 0 Å². The van der Waals surface area contributed by atoms with E-state index in [1.807, 2.05) is 0 Å². The Labute approximate surface area is 123 Å². The Morgan fingerprint density at radius 2 is 1.90 bits per heavy atom. The second-order valence-corrected chi connectivity index (χ2v) is 4.60. The number of carbonyl (C=O) groups is 1. The summed E-state index contributed by atoms with van der Waals surface area (Å²) in [6, 6.07) is 6.76. The van der Waals surface area contributed by atoms with Crippen LogP contribution in [0.5, 0.6) is 0 Å². The quantitative estimate of drug-likeness (QED) is 0.693. The lowest BCUT2D eigenvalue weighted by Crippen LogP contribution is -2.14. The summed E-state index contributed by atoms with van der Waals surface area (Å²) in [5.74, 6) is -0.463. The van der Waals surface area contributed by atoms with Gasteiger partial charge in [-0.25, -0.2) is 4.98 Å². The van der Waals surface area contributed by atoms with E-state index in [1.54, 1.807) is 6.07 Å². The SMILES string of the molecule is O=C(Nc1cc(Cl)ccn1)c1ccc(Cl)cc1[N+](=O)[O-]. The number of nitrogens with one attached hydrogen (secondary N) is 1. The molecule has 8 heteroatoms. The van der Waals surface area contributed by atoms with E-state index < -0.39 is 10.8 Å². The summed E-state index contributed by atoms with van der Waals surface area (Å²) in [6.45, 7) is 0. The molecule has 0 aliphatic rings. The summed E-state index contributed by atoms with van der Waals surface area (Å²) in [7, 11) is 0. The standard InChI is InChI=1S/C12H7Cl2N3O3/c13-7-1-2-9(10(5-7)17(19)20)12(18)16-11-6-8(14)3-4-15-11/h1-6H,(H,15,16,18). The number of halogens is 2. The van der Waals surface area contributed by atoms with Gasteiger partial charge < -0.3 is 5.32 Å². The minimum absolute atomic E-state index is 0.110. The van der Waals surface area contributed by atoms with Crippen molar-refractivity contribution in [2.75, 3.05) is 5.32 Å². The summed E-state index contributed by atoms with van der Waals surface area (Å²) in [4.78, 5) is 26.1. The van der Waals surface area contributed by atoms with Crippen molar-refractivity contribution >= 4 is 40.6 Å². The van der Waals surface area contributed by atoms with Crippen molar-refractivity contribution in [1.82, 2.24) is 4.98 Å². The predicted molar refractivity (Wildman–Crippen MR) is 75.3 cm³/mol. The third-order valence-electron chi connectivity index (χ3n) is 2.36. The van der Waals surface area contributed by atoms with Crippen LogP contribution >= 0.6 is 23.2 Å². The third kappa shape index (κ3) is 3.23. The van der Waals surface area contributed by atoms with Crippen LogP contribution in [0.3, 0.4) is 0 Å². The minimum atomic E-state index is -0.674. The van der Waals surface area contributed by atoms with E-state index in [1.165, 1.54) is 24.4 Å². The summed E-state index contributed by atoms with van der Waals surface area (Å²) >= 11 is 11.4. The van der Waals surface area contributed by atoms with Crippen molar-refractivity contribution in [2.24, 2.45) is 0 Å². The van der Waals surface area contributed by atoms with Crippen molar-refractivity contribution in [2.45, 2.75) is 0 Å². The number of hydrogen-bond donors (Lipinski definition) is 1. The van der Waals surface area contributed by atoms with Gasteiger partial charge in [0, 0.05) is 22.3 Å². The molecule has 2 rings (SSSR count). The first-order chi connectivity index (χ1) is 9.47. The normalized spacial score (nSPS) is 10.1.